The second-order valence-electron chi connectivity index (χ2n) is 5.58. The number of benzene rings is 2. The van der Waals surface area contributed by atoms with Gasteiger partial charge in [0.05, 0.1) is 12.1 Å². The molecular weight excluding hydrogens is 313 g/mol. The van der Waals surface area contributed by atoms with Crippen LogP contribution in [0.25, 0.3) is 10.1 Å². The normalized spacial score (nSPS) is 13.7. The maximum atomic E-state index is 13.6. The lowest BCUT2D eigenvalue weighted by Gasteiger charge is -2.22. The largest absolute Gasteiger partial charge is 0.383 e. The van der Waals surface area contributed by atoms with E-state index in [4.69, 9.17) is 0 Å². The lowest BCUT2D eigenvalue weighted by molar-refractivity contribution is 0.0556. The molecule has 2 aromatic carbocycles. The van der Waals surface area contributed by atoms with E-state index < -0.39 is 17.3 Å². The van der Waals surface area contributed by atoms with Gasteiger partial charge in [-0.2, -0.15) is 0 Å². The Morgan fingerprint density at radius 1 is 1.22 bits per heavy atom. The van der Waals surface area contributed by atoms with Crippen molar-refractivity contribution in [1.29, 1.82) is 0 Å². The Bertz CT molecular complexity index is 824. The van der Waals surface area contributed by atoms with Gasteiger partial charge in [0.2, 0.25) is 0 Å². The predicted octanol–water partition coefficient (Wildman–Crippen LogP) is 3.68. The molecule has 1 aromatic heterocycles. The molecule has 23 heavy (non-hydrogen) atoms. The van der Waals surface area contributed by atoms with E-state index in [0.29, 0.717) is 0 Å². The topological polar surface area (TPSA) is 49.3 Å². The van der Waals surface area contributed by atoms with Crippen molar-refractivity contribution in [2.75, 3.05) is 6.54 Å². The Balaban J connectivity index is 1.76. The van der Waals surface area contributed by atoms with Gasteiger partial charge < -0.3 is 10.4 Å². The van der Waals surface area contributed by atoms with E-state index in [1.807, 2.05) is 30.3 Å². The molecule has 3 nitrogen and oxygen atoms in total. The molecule has 0 aliphatic carbocycles. The second kappa shape index (κ2) is 6.10. The van der Waals surface area contributed by atoms with Gasteiger partial charge in [0, 0.05) is 9.58 Å². The first kappa shape index (κ1) is 15.6. The summed E-state index contributed by atoms with van der Waals surface area (Å²) in [6.07, 6.45) is 0. The van der Waals surface area contributed by atoms with Crippen molar-refractivity contribution in [3.05, 3.63) is 70.9 Å². The minimum absolute atomic E-state index is 0.00693. The molecule has 1 unspecified atom stereocenters. The van der Waals surface area contributed by atoms with Gasteiger partial charge in [-0.1, -0.05) is 30.3 Å². The summed E-state index contributed by atoms with van der Waals surface area (Å²) in [5.41, 5.74) is -1.25. The van der Waals surface area contributed by atoms with Crippen molar-refractivity contribution in [3.8, 4) is 0 Å². The number of rotatable bonds is 4. The van der Waals surface area contributed by atoms with Gasteiger partial charge in [-0.3, -0.25) is 4.79 Å². The molecule has 0 fully saturated rings. The smallest absolute Gasteiger partial charge is 0.254 e. The van der Waals surface area contributed by atoms with Crippen LogP contribution in [-0.2, 0) is 5.60 Å². The van der Waals surface area contributed by atoms with Crippen molar-refractivity contribution in [2.24, 2.45) is 0 Å². The minimum atomic E-state index is -1.22. The third-order valence-electron chi connectivity index (χ3n) is 3.67. The molecule has 0 spiro atoms. The lowest BCUT2D eigenvalue weighted by atomic mass is 10.0. The first-order valence-electron chi connectivity index (χ1n) is 7.21. The van der Waals surface area contributed by atoms with Crippen LogP contribution in [0.4, 0.5) is 4.39 Å². The summed E-state index contributed by atoms with van der Waals surface area (Å²) < 4.78 is 14.7. The van der Waals surface area contributed by atoms with Crippen molar-refractivity contribution in [1.82, 2.24) is 5.32 Å². The average Bonchev–Trinajstić information content (AvgIpc) is 2.98. The number of carbonyl (C=O) groups is 1. The molecule has 0 saturated carbocycles. The van der Waals surface area contributed by atoms with Gasteiger partial charge in [0.15, 0.2) is 0 Å². The van der Waals surface area contributed by atoms with Crippen molar-refractivity contribution < 1.29 is 14.3 Å². The third kappa shape index (κ3) is 3.25. The predicted molar refractivity (Wildman–Crippen MR) is 90.1 cm³/mol. The zero-order valence-corrected chi connectivity index (χ0v) is 13.4. The summed E-state index contributed by atoms with van der Waals surface area (Å²) in [5.74, 6) is -1.11. The molecular formula is C18H16FNO2S. The molecule has 0 saturated heterocycles. The Kier molecular flexibility index (Phi) is 4.15. The first-order chi connectivity index (χ1) is 11.0. The molecule has 0 aliphatic rings. The molecule has 3 rings (SSSR count). The van der Waals surface area contributed by atoms with Crippen LogP contribution in [0.2, 0.25) is 0 Å². The lowest BCUT2D eigenvalue weighted by Crippen LogP contribution is -2.38. The summed E-state index contributed by atoms with van der Waals surface area (Å²) >= 11 is 1.48. The molecule has 118 valence electrons. The SMILES string of the molecule is CC(O)(CNC(=O)c1ccccc1F)c1cc2ccccc2s1. The number of aliphatic hydroxyl groups is 1. The summed E-state index contributed by atoms with van der Waals surface area (Å²) in [4.78, 5) is 12.8. The Labute approximate surface area is 137 Å². The van der Waals surface area contributed by atoms with Crippen LogP contribution in [0.5, 0.6) is 0 Å². The number of hydrogen-bond acceptors (Lipinski definition) is 3. The molecule has 1 amide bonds. The molecule has 5 heteroatoms. The monoisotopic (exact) mass is 329 g/mol. The van der Waals surface area contributed by atoms with Crippen LogP contribution in [-0.4, -0.2) is 17.6 Å². The van der Waals surface area contributed by atoms with Gasteiger partial charge in [-0.25, -0.2) is 4.39 Å². The maximum absolute atomic E-state index is 13.6. The van der Waals surface area contributed by atoms with Crippen molar-refractivity contribution >= 4 is 27.3 Å². The van der Waals surface area contributed by atoms with Crippen LogP contribution in [0.1, 0.15) is 22.2 Å². The fraction of sp³-hybridized carbons (Fsp3) is 0.167. The second-order valence-corrected chi connectivity index (χ2v) is 6.67. The molecule has 0 radical (unpaired) electrons. The highest BCUT2D eigenvalue weighted by atomic mass is 32.1. The maximum Gasteiger partial charge on any atom is 0.254 e. The van der Waals surface area contributed by atoms with Gasteiger partial charge >= 0.3 is 0 Å². The quantitative estimate of drug-likeness (QED) is 0.767. The highest BCUT2D eigenvalue weighted by Gasteiger charge is 2.26. The summed E-state index contributed by atoms with van der Waals surface area (Å²) in [6.45, 7) is 1.65. The number of thiophene rings is 1. The zero-order chi connectivity index (χ0) is 16.4. The van der Waals surface area contributed by atoms with Crippen LogP contribution in [0.15, 0.2) is 54.6 Å². The number of amides is 1. The standard InChI is InChI=1S/C18H16FNO2S/c1-18(22,16-10-12-6-2-5-9-15(12)23-16)11-20-17(21)13-7-3-4-8-14(13)19/h2-10,22H,11H2,1H3,(H,20,21). The average molecular weight is 329 g/mol. The molecule has 1 heterocycles. The summed E-state index contributed by atoms with van der Waals surface area (Å²) in [6, 6.07) is 15.5. The van der Waals surface area contributed by atoms with Crippen LogP contribution < -0.4 is 5.32 Å². The fourth-order valence-electron chi connectivity index (χ4n) is 2.33. The minimum Gasteiger partial charge on any atom is -0.383 e. The van der Waals surface area contributed by atoms with Crippen molar-refractivity contribution in [2.45, 2.75) is 12.5 Å². The molecule has 2 N–H and O–H groups in total. The summed E-state index contributed by atoms with van der Waals surface area (Å²) in [7, 11) is 0. The van der Waals surface area contributed by atoms with E-state index in [-0.39, 0.29) is 12.1 Å². The van der Waals surface area contributed by atoms with Crippen LogP contribution in [0, 0.1) is 5.82 Å². The van der Waals surface area contributed by atoms with Gasteiger partial charge in [-0.15, -0.1) is 11.3 Å². The first-order valence-corrected chi connectivity index (χ1v) is 8.03. The van der Waals surface area contributed by atoms with Gasteiger partial charge in [0.1, 0.15) is 11.4 Å². The van der Waals surface area contributed by atoms with E-state index in [0.717, 1.165) is 15.0 Å². The molecule has 0 aliphatic heterocycles. The van der Waals surface area contributed by atoms with Crippen LogP contribution >= 0.6 is 11.3 Å². The van der Waals surface area contributed by atoms with E-state index in [1.165, 1.54) is 29.5 Å². The van der Waals surface area contributed by atoms with Crippen LogP contribution in [0.3, 0.4) is 0 Å². The number of halogens is 1. The van der Waals surface area contributed by atoms with E-state index >= 15 is 0 Å². The van der Waals surface area contributed by atoms with E-state index in [2.05, 4.69) is 5.32 Å². The van der Waals surface area contributed by atoms with Gasteiger partial charge in [-0.05, 0) is 36.6 Å². The van der Waals surface area contributed by atoms with Gasteiger partial charge in [0.25, 0.3) is 5.91 Å². The molecule has 3 aromatic rings. The highest BCUT2D eigenvalue weighted by molar-refractivity contribution is 7.19. The Morgan fingerprint density at radius 3 is 2.65 bits per heavy atom. The number of nitrogens with one attached hydrogen (secondary N) is 1. The third-order valence-corrected chi connectivity index (χ3v) is 5.04. The number of hydrogen-bond donors (Lipinski definition) is 2. The van der Waals surface area contributed by atoms with E-state index in [1.54, 1.807) is 13.0 Å². The van der Waals surface area contributed by atoms with Crippen molar-refractivity contribution in [3.63, 3.8) is 0 Å². The zero-order valence-electron chi connectivity index (χ0n) is 12.5. The summed E-state index contributed by atoms with van der Waals surface area (Å²) in [5, 5.41) is 14.3. The number of carbonyl (C=O) groups excluding carboxylic acids is 1. The Hall–Kier alpha value is -2.24. The fourth-order valence-corrected chi connectivity index (χ4v) is 3.43. The number of fused-ring (bicyclic) bond motifs is 1. The molecule has 0 bridgehead atoms. The highest BCUT2D eigenvalue weighted by Crippen LogP contribution is 2.32. The Morgan fingerprint density at radius 2 is 1.91 bits per heavy atom. The van der Waals surface area contributed by atoms with E-state index in [9.17, 15) is 14.3 Å². The molecule has 1 atom stereocenters.